The minimum Gasteiger partial charge on any atom is -0.374 e. The summed E-state index contributed by atoms with van der Waals surface area (Å²) in [6.07, 6.45) is 3.47. The molecule has 7 heteroatoms. The monoisotopic (exact) mass is 305 g/mol. The Balaban J connectivity index is 1.91. The maximum atomic E-state index is 11.7. The molecule has 3 atom stereocenters. The number of ether oxygens (including phenoxy) is 1. The zero-order valence-corrected chi connectivity index (χ0v) is 13.3. The molecule has 2 saturated heterocycles. The second-order valence-electron chi connectivity index (χ2n) is 6.12. The van der Waals surface area contributed by atoms with E-state index in [4.69, 9.17) is 10.5 Å². The maximum absolute atomic E-state index is 11.7. The fraction of sp³-hybridized carbons (Fsp3) is 1.00. The normalized spacial score (nSPS) is 34.2. The van der Waals surface area contributed by atoms with E-state index >= 15 is 0 Å². The van der Waals surface area contributed by atoms with E-state index in [1.165, 1.54) is 6.26 Å². The van der Waals surface area contributed by atoms with Crippen LogP contribution in [0.5, 0.6) is 0 Å². The first-order valence-corrected chi connectivity index (χ1v) is 9.26. The third-order valence-electron chi connectivity index (χ3n) is 4.34. The molecule has 2 N–H and O–H groups in total. The van der Waals surface area contributed by atoms with E-state index in [-0.39, 0.29) is 6.10 Å². The van der Waals surface area contributed by atoms with Crippen molar-refractivity contribution in [2.24, 2.45) is 11.7 Å². The van der Waals surface area contributed by atoms with Gasteiger partial charge in [-0.3, -0.25) is 4.90 Å². The predicted octanol–water partition coefficient (Wildman–Crippen LogP) is -0.294. The van der Waals surface area contributed by atoms with Crippen LogP contribution in [0.1, 0.15) is 19.8 Å². The minimum absolute atomic E-state index is 0.112. The molecule has 118 valence electrons. The number of sulfonamides is 1. The lowest BCUT2D eigenvalue weighted by Gasteiger charge is -2.41. The summed E-state index contributed by atoms with van der Waals surface area (Å²) in [5.41, 5.74) is 5.68. The third kappa shape index (κ3) is 4.14. The lowest BCUT2D eigenvalue weighted by atomic mass is 9.98. The summed E-state index contributed by atoms with van der Waals surface area (Å²) in [7, 11) is -3.06. The van der Waals surface area contributed by atoms with Gasteiger partial charge in [0.15, 0.2) is 0 Å². The van der Waals surface area contributed by atoms with E-state index < -0.39 is 10.0 Å². The lowest BCUT2D eigenvalue weighted by molar-refractivity contribution is -0.0599. The van der Waals surface area contributed by atoms with Gasteiger partial charge in [0.2, 0.25) is 10.0 Å². The van der Waals surface area contributed by atoms with Crippen molar-refractivity contribution in [1.29, 1.82) is 0 Å². The smallest absolute Gasteiger partial charge is 0.211 e. The summed E-state index contributed by atoms with van der Waals surface area (Å²) in [6, 6.07) is 0.381. The van der Waals surface area contributed by atoms with E-state index in [1.54, 1.807) is 4.31 Å². The van der Waals surface area contributed by atoms with Crippen molar-refractivity contribution in [2.45, 2.75) is 31.9 Å². The van der Waals surface area contributed by atoms with Crippen molar-refractivity contribution >= 4 is 10.0 Å². The second-order valence-corrected chi connectivity index (χ2v) is 8.11. The first kappa shape index (κ1) is 16.2. The molecule has 2 heterocycles. The largest absolute Gasteiger partial charge is 0.374 e. The molecular formula is C13H27N3O3S. The highest BCUT2D eigenvalue weighted by atomic mass is 32.2. The lowest BCUT2D eigenvalue weighted by Crippen LogP contribution is -2.53. The quantitative estimate of drug-likeness (QED) is 0.772. The van der Waals surface area contributed by atoms with Crippen LogP contribution in [0.4, 0.5) is 0 Å². The molecule has 0 spiro atoms. The van der Waals surface area contributed by atoms with Crippen LogP contribution in [-0.2, 0) is 14.8 Å². The van der Waals surface area contributed by atoms with Crippen LogP contribution in [0, 0.1) is 5.92 Å². The molecule has 6 nitrogen and oxygen atoms in total. The van der Waals surface area contributed by atoms with Gasteiger partial charge in [-0.1, -0.05) is 0 Å². The summed E-state index contributed by atoms with van der Waals surface area (Å²) in [4.78, 5) is 2.40. The predicted molar refractivity (Wildman–Crippen MR) is 79.0 cm³/mol. The van der Waals surface area contributed by atoms with Crippen LogP contribution in [0.2, 0.25) is 0 Å². The third-order valence-corrected chi connectivity index (χ3v) is 5.61. The molecule has 0 aromatic rings. The van der Waals surface area contributed by atoms with E-state index in [0.717, 1.165) is 25.9 Å². The van der Waals surface area contributed by atoms with Crippen LogP contribution in [0.25, 0.3) is 0 Å². The molecule has 20 heavy (non-hydrogen) atoms. The minimum atomic E-state index is -3.06. The first-order chi connectivity index (χ1) is 9.40. The summed E-state index contributed by atoms with van der Waals surface area (Å²) < 4.78 is 30.6. The average Bonchev–Trinajstić information content (AvgIpc) is 2.41. The van der Waals surface area contributed by atoms with Gasteiger partial charge in [0.05, 0.1) is 19.0 Å². The molecule has 0 amide bonds. The average molecular weight is 305 g/mol. The van der Waals surface area contributed by atoms with Gasteiger partial charge in [-0.25, -0.2) is 12.7 Å². The molecule has 0 radical (unpaired) electrons. The molecule has 0 aromatic heterocycles. The maximum Gasteiger partial charge on any atom is 0.211 e. The molecular weight excluding hydrogens is 278 g/mol. The second kappa shape index (κ2) is 6.70. The molecule has 2 rings (SSSR count). The summed E-state index contributed by atoms with van der Waals surface area (Å²) in [5.74, 6) is 0.414. The van der Waals surface area contributed by atoms with Gasteiger partial charge in [0.25, 0.3) is 0 Å². The van der Waals surface area contributed by atoms with Gasteiger partial charge < -0.3 is 10.5 Å². The Morgan fingerprint density at radius 1 is 1.35 bits per heavy atom. The zero-order valence-electron chi connectivity index (χ0n) is 12.5. The van der Waals surface area contributed by atoms with Crippen LogP contribution in [0.15, 0.2) is 0 Å². The summed E-state index contributed by atoms with van der Waals surface area (Å²) >= 11 is 0. The van der Waals surface area contributed by atoms with Crippen molar-refractivity contribution in [2.75, 3.05) is 45.6 Å². The first-order valence-electron chi connectivity index (χ1n) is 7.41. The van der Waals surface area contributed by atoms with Crippen molar-refractivity contribution in [1.82, 2.24) is 9.21 Å². The Kier molecular flexibility index (Phi) is 5.42. The molecule has 2 aliphatic rings. The van der Waals surface area contributed by atoms with Crippen LogP contribution in [-0.4, -0.2) is 75.4 Å². The number of morpholine rings is 1. The topological polar surface area (TPSA) is 75.9 Å². The van der Waals surface area contributed by atoms with Gasteiger partial charge in [0, 0.05) is 38.8 Å². The number of nitrogens with zero attached hydrogens (tertiary/aromatic N) is 2. The zero-order chi connectivity index (χ0) is 14.8. The molecule has 0 aliphatic carbocycles. The van der Waals surface area contributed by atoms with E-state index in [1.807, 2.05) is 0 Å². The highest BCUT2D eigenvalue weighted by Crippen LogP contribution is 2.22. The number of nitrogens with two attached hydrogens (primary N) is 1. The Morgan fingerprint density at radius 2 is 2.10 bits per heavy atom. The van der Waals surface area contributed by atoms with E-state index in [2.05, 4.69) is 11.8 Å². The summed E-state index contributed by atoms with van der Waals surface area (Å²) in [5, 5.41) is 0. The van der Waals surface area contributed by atoms with Gasteiger partial charge >= 0.3 is 0 Å². The standard InChI is InChI=1S/C13H27N3O3S/c1-11-10-19-13(6-14)9-15(11)7-12-4-3-5-16(8-12)20(2,17)18/h11-13H,3-10,14H2,1-2H3. The number of piperidine rings is 1. The van der Waals surface area contributed by atoms with Crippen molar-refractivity contribution in [3.8, 4) is 0 Å². The molecule has 2 fully saturated rings. The van der Waals surface area contributed by atoms with Gasteiger partial charge in [-0.15, -0.1) is 0 Å². The van der Waals surface area contributed by atoms with Crippen molar-refractivity contribution in [3.05, 3.63) is 0 Å². The van der Waals surface area contributed by atoms with Crippen LogP contribution >= 0.6 is 0 Å². The van der Waals surface area contributed by atoms with Gasteiger partial charge in [-0.05, 0) is 25.7 Å². The molecule has 2 aliphatic heterocycles. The fourth-order valence-electron chi connectivity index (χ4n) is 3.08. The highest BCUT2D eigenvalue weighted by Gasteiger charge is 2.31. The van der Waals surface area contributed by atoms with Gasteiger partial charge in [0.1, 0.15) is 0 Å². The van der Waals surface area contributed by atoms with Crippen molar-refractivity contribution < 1.29 is 13.2 Å². The molecule has 0 aromatic carbocycles. The SMILES string of the molecule is CC1COC(CN)CN1CC1CCCN(S(C)(=O)=O)C1. The molecule has 0 bridgehead atoms. The fourth-order valence-corrected chi connectivity index (χ4v) is 4.02. The van der Waals surface area contributed by atoms with Gasteiger partial charge in [-0.2, -0.15) is 0 Å². The number of hydrogen-bond donors (Lipinski definition) is 1. The highest BCUT2D eigenvalue weighted by molar-refractivity contribution is 7.88. The molecule has 3 unspecified atom stereocenters. The molecule has 0 saturated carbocycles. The summed E-state index contributed by atoms with van der Waals surface area (Å²) in [6.45, 7) is 6.52. The Bertz CT molecular complexity index is 415. The number of rotatable bonds is 4. The Morgan fingerprint density at radius 3 is 2.75 bits per heavy atom. The van der Waals surface area contributed by atoms with E-state index in [9.17, 15) is 8.42 Å². The van der Waals surface area contributed by atoms with Crippen LogP contribution in [0.3, 0.4) is 0 Å². The Labute approximate surface area is 122 Å². The Hall–Kier alpha value is -0.210. The van der Waals surface area contributed by atoms with Crippen molar-refractivity contribution in [3.63, 3.8) is 0 Å². The van der Waals surface area contributed by atoms with E-state index in [0.29, 0.717) is 38.2 Å². The van der Waals surface area contributed by atoms with Crippen LogP contribution < -0.4 is 5.73 Å². The number of hydrogen-bond acceptors (Lipinski definition) is 5.